The lowest BCUT2D eigenvalue weighted by atomic mass is 9.94. The highest BCUT2D eigenvalue weighted by atomic mass is 16.8. The van der Waals surface area contributed by atoms with Crippen LogP contribution < -0.4 is 10.6 Å². The second-order valence-electron chi connectivity index (χ2n) is 15.9. The number of nitrogens with one attached hydrogen (secondary N) is 2. The highest BCUT2D eigenvalue weighted by Crippen LogP contribution is 2.44. The summed E-state index contributed by atoms with van der Waals surface area (Å²) in [7, 11) is 0. The number of carbonyl (C=O) groups excluding carboxylic acids is 8. The van der Waals surface area contributed by atoms with E-state index in [9.17, 15) is 48.3 Å². The van der Waals surface area contributed by atoms with E-state index in [-0.39, 0.29) is 12.5 Å². The van der Waals surface area contributed by atoms with Crippen LogP contribution in [-0.4, -0.2) is 152 Å². The van der Waals surface area contributed by atoms with E-state index >= 15 is 0 Å². The van der Waals surface area contributed by atoms with Gasteiger partial charge in [0, 0.05) is 54.4 Å². The minimum atomic E-state index is -1.94. The molecule has 0 radical (unpaired) electrons. The molecule has 2 aromatic rings. The van der Waals surface area contributed by atoms with Gasteiger partial charge >= 0.3 is 47.9 Å². The Morgan fingerprint density at radius 2 is 1.03 bits per heavy atom. The third-order valence-corrected chi connectivity index (χ3v) is 10.7. The van der Waals surface area contributed by atoms with E-state index in [2.05, 4.69) is 10.6 Å². The van der Waals surface area contributed by atoms with Crippen molar-refractivity contribution in [1.29, 1.82) is 0 Å². The highest BCUT2D eigenvalue weighted by molar-refractivity contribution is 5.81. The zero-order valence-corrected chi connectivity index (χ0v) is 38.4. The Balaban J connectivity index is 1.49. The van der Waals surface area contributed by atoms with Gasteiger partial charge in [-0.3, -0.25) is 33.6 Å². The van der Waals surface area contributed by atoms with E-state index in [0.717, 1.165) is 70.7 Å². The molecule has 2 fully saturated rings. The van der Waals surface area contributed by atoms with E-state index < -0.39 is 140 Å². The molecule has 2 amide bonds. The number of hydrogen-bond acceptors (Lipinski definition) is 20. The van der Waals surface area contributed by atoms with Gasteiger partial charge in [0.15, 0.2) is 43.0 Å². The second kappa shape index (κ2) is 23.4. The summed E-state index contributed by atoms with van der Waals surface area (Å²) in [6.07, 6.45) is -18.1. The summed E-state index contributed by atoms with van der Waals surface area (Å²) >= 11 is 0. The maximum Gasteiger partial charge on any atom is 0.407 e. The van der Waals surface area contributed by atoms with E-state index in [4.69, 9.17) is 52.1 Å². The largest absolute Gasteiger partial charge is 0.480 e. The molecule has 5 rings (SSSR count). The van der Waals surface area contributed by atoms with Crippen LogP contribution in [0.4, 0.5) is 4.79 Å². The second-order valence-corrected chi connectivity index (χ2v) is 15.9. The van der Waals surface area contributed by atoms with Gasteiger partial charge < -0.3 is 67.8 Å². The van der Waals surface area contributed by atoms with Crippen LogP contribution in [0.5, 0.6) is 0 Å². The molecule has 0 saturated carbocycles. The quantitative estimate of drug-likeness (QED) is 0.141. The fourth-order valence-corrected chi connectivity index (χ4v) is 8.13. The number of benzene rings is 2. The Labute approximate surface area is 389 Å². The molecule has 68 heavy (non-hydrogen) atoms. The van der Waals surface area contributed by atoms with Crippen molar-refractivity contribution in [3.05, 3.63) is 59.7 Å². The molecule has 3 aliphatic rings. The predicted molar refractivity (Wildman–Crippen MR) is 225 cm³/mol. The van der Waals surface area contributed by atoms with Crippen LogP contribution >= 0.6 is 0 Å². The lowest BCUT2D eigenvalue weighted by Gasteiger charge is -2.49. The van der Waals surface area contributed by atoms with Gasteiger partial charge in [-0.2, -0.15) is 0 Å². The standard InChI is InChI=1S/C45H54N2O21/c1-20(35(42(55)56)47-45(57)60-17-32-30-15-11-9-13-28(30)29-14-10-12-16-31(29)32)61-43-36(46-21(2)48)39(37(62-24(5)51)33(66-43)18-58-22(3)49)68-44-41(65-27(8)54)40(64-26(7)53)38(63-25(6)52)34(67-44)19-59-23(4)50/h9-16,20,32-41,43-44H,17-19H2,1-8H3,(H,46,48)(H,47,57)(H,55,56)/t20-,33-,34-,35+,36-,37+,38+,39-,40+,41-,43+,44-/m1/s1. The van der Waals surface area contributed by atoms with Gasteiger partial charge in [0.2, 0.25) is 5.91 Å². The van der Waals surface area contributed by atoms with Crippen molar-refractivity contribution in [3.63, 3.8) is 0 Å². The van der Waals surface area contributed by atoms with Crippen molar-refractivity contribution in [2.75, 3.05) is 19.8 Å². The molecule has 0 aromatic heterocycles. The number of ether oxygens (including phenoxy) is 11. The molecule has 2 aliphatic heterocycles. The van der Waals surface area contributed by atoms with Crippen LogP contribution in [0.2, 0.25) is 0 Å². The number of aliphatic carboxylic acids is 1. The molecule has 12 atom stereocenters. The fourth-order valence-electron chi connectivity index (χ4n) is 8.13. The molecule has 2 saturated heterocycles. The Bertz CT molecular complexity index is 2170. The van der Waals surface area contributed by atoms with Crippen molar-refractivity contribution in [3.8, 4) is 11.1 Å². The summed E-state index contributed by atoms with van der Waals surface area (Å²) in [4.78, 5) is 114. The van der Waals surface area contributed by atoms with Gasteiger partial charge in [0.25, 0.3) is 0 Å². The maximum atomic E-state index is 13.4. The third-order valence-electron chi connectivity index (χ3n) is 10.7. The molecular formula is C45H54N2O21. The van der Waals surface area contributed by atoms with Gasteiger partial charge in [-0.1, -0.05) is 48.5 Å². The van der Waals surface area contributed by atoms with Crippen molar-refractivity contribution in [2.45, 2.75) is 135 Å². The zero-order chi connectivity index (χ0) is 50.0. The van der Waals surface area contributed by atoms with Crippen LogP contribution in [0.3, 0.4) is 0 Å². The first-order valence-corrected chi connectivity index (χ1v) is 21.3. The number of amides is 2. The van der Waals surface area contributed by atoms with Crippen molar-refractivity contribution in [2.24, 2.45) is 0 Å². The maximum absolute atomic E-state index is 13.4. The molecule has 23 heteroatoms. The van der Waals surface area contributed by atoms with E-state index in [1.807, 2.05) is 48.5 Å². The Morgan fingerprint density at radius 3 is 1.50 bits per heavy atom. The minimum Gasteiger partial charge on any atom is -0.480 e. The Hall–Kier alpha value is -6.69. The average molecular weight is 959 g/mol. The molecule has 0 bridgehead atoms. The Morgan fingerprint density at radius 1 is 0.574 bits per heavy atom. The van der Waals surface area contributed by atoms with E-state index in [0.29, 0.717) is 0 Å². The number of carboxylic acid groups (broad SMARTS) is 1. The number of hydrogen-bond donors (Lipinski definition) is 3. The van der Waals surface area contributed by atoms with Crippen LogP contribution in [-0.2, 0) is 90.5 Å². The topological polar surface area (TPSA) is 299 Å². The van der Waals surface area contributed by atoms with Gasteiger partial charge in [-0.25, -0.2) is 9.59 Å². The lowest BCUT2D eigenvalue weighted by Crippen LogP contribution is -2.70. The van der Waals surface area contributed by atoms with E-state index in [1.54, 1.807) is 0 Å². The molecule has 0 spiro atoms. The summed E-state index contributed by atoms with van der Waals surface area (Å²) in [5.74, 6) is -8.16. The molecule has 2 heterocycles. The van der Waals surface area contributed by atoms with Gasteiger partial charge in [0.1, 0.15) is 44.2 Å². The number of fused-ring (bicyclic) bond motifs is 3. The number of alkyl carbamates (subject to hydrolysis) is 1. The van der Waals surface area contributed by atoms with Crippen molar-refractivity contribution < 1.29 is 100 Å². The zero-order valence-electron chi connectivity index (χ0n) is 38.4. The highest BCUT2D eigenvalue weighted by Gasteiger charge is 2.57. The smallest absolute Gasteiger partial charge is 0.407 e. The molecule has 0 unspecified atom stereocenters. The first-order chi connectivity index (χ1) is 32.1. The number of carboxylic acids is 1. The minimum absolute atomic E-state index is 0.161. The molecular weight excluding hydrogens is 904 g/mol. The van der Waals surface area contributed by atoms with E-state index in [1.165, 1.54) is 6.92 Å². The summed E-state index contributed by atoms with van der Waals surface area (Å²) < 4.78 is 63.1. The molecule has 3 N–H and O–H groups in total. The predicted octanol–water partition coefficient (Wildman–Crippen LogP) is 1.58. The van der Waals surface area contributed by atoms with Crippen LogP contribution in [0, 0.1) is 0 Å². The molecule has 1 aliphatic carbocycles. The van der Waals surface area contributed by atoms with Crippen LogP contribution in [0.1, 0.15) is 72.4 Å². The van der Waals surface area contributed by atoms with Gasteiger partial charge in [0.05, 0.1) is 6.10 Å². The van der Waals surface area contributed by atoms with Crippen LogP contribution in [0.15, 0.2) is 48.5 Å². The molecule has 370 valence electrons. The Kier molecular flexibility index (Phi) is 18.0. The lowest BCUT2D eigenvalue weighted by molar-refractivity contribution is -0.349. The summed E-state index contributed by atoms with van der Waals surface area (Å²) in [6.45, 7) is 7.00. The fraction of sp³-hybridized carbons (Fsp3) is 0.533. The van der Waals surface area contributed by atoms with Crippen molar-refractivity contribution >= 4 is 53.8 Å². The van der Waals surface area contributed by atoms with Gasteiger partial charge in [-0.15, -0.1) is 0 Å². The monoisotopic (exact) mass is 958 g/mol. The number of esters is 6. The molecule has 23 nitrogen and oxygen atoms in total. The first-order valence-electron chi connectivity index (χ1n) is 21.3. The summed E-state index contributed by atoms with van der Waals surface area (Å²) in [5.41, 5.74) is 3.73. The number of carbonyl (C=O) groups is 9. The summed E-state index contributed by atoms with van der Waals surface area (Å²) in [5, 5.41) is 15.3. The number of rotatable bonds is 18. The van der Waals surface area contributed by atoms with Crippen molar-refractivity contribution in [1.82, 2.24) is 10.6 Å². The average Bonchev–Trinajstić information content (AvgIpc) is 3.57. The normalized spacial score (nSPS) is 25.9. The molecule has 2 aromatic carbocycles. The van der Waals surface area contributed by atoms with Crippen LogP contribution in [0.25, 0.3) is 11.1 Å². The first kappa shape index (κ1) is 52.3. The summed E-state index contributed by atoms with van der Waals surface area (Å²) in [6, 6.07) is 11.7. The SMILES string of the molecule is CC(=O)N[C@H]1[C@@H](O[C@H](C)[C@H](NC(=O)OCC2c3ccccc3-c3ccccc32)C(=O)O)O[C@H](COC(C)=O)[C@H](OC(C)=O)[C@@H]1O[C@H]1O[C@H](COC(C)=O)[C@H](OC(C)=O)[C@H](OC(C)=O)[C@H]1OC(C)=O. The third kappa shape index (κ3) is 13.5. The van der Waals surface area contributed by atoms with Gasteiger partial charge in [-0.05, 0) is 29.2 Å².